The van der Waals surface area contributed by atoms with Crippen LogP contribution in [0.25, 0.3) is 11.3 Å². The van der Waals surface area contributed by atoms with Gasteiger partial charge in [0.2, 0.25) is 11.8 Å². The first kappa shape index (κ1) is 26.9. The number of benzene rings is 3. The quantitative estimate of drug-likeness (QED) is 0.209. The van der Waals surface area contributed by atoms with Crippen molar-refractivity contribution in [3.05, 3.63) is 93.8 Å². The minimum Gasteiger partial charge on any atom is -0.326 e. The molecular formula is C29H28ClN3O2S2. The average molecular weight is 550 g/mol. The number of carbonyl (C=O) groups excluding carboxylic acids is 2. The van der Waals surface area contributed by atoms with Crippen LogP contribution in [0.5, 0.6) is 0 Å². The lowest BCUT2D eigenvalue weighted by molar-refractivity contribution is -0.116. The molecule has 1 heterocycles. The number of anilines is 2. The number of hydrogen-bond donors (Lipinski definition) is 2. The van der Waals surface area contributed by atoms with Gasteiger partial charge in [-0.25, -0.2) is 4.98 Å². The van der Waals surface area contributed by atoms with E-state index in [1.165, 1.54) is 28.7 Å². The molecule has 0 aliphatic rings. The number of aromatic nitrogens is 1. The number of nitrogens with zero attached hydrogens (tertiary/aromatic N) is 1. The molecule has 0 fully saturated rings. The number of thiazole rings is 1. The van der Waals surface area contributed by atoms with Crippen molar-refractivity contribution in [3.8, 4) is 11.3 Å². The number of rotatable bonds is 9. The summed E-state index contributed by atoms with van der Waals surface area (Å²) in [6.45, 7) is 6.05. The van der Waals surface area contributed by atoms with Crippen molar-refractivity contribution in [2.75, 3.05) is 10.6 Å². The Hall–Kier alpha value is -3.13. The molecule has 3 aromatic carbocycles. The zero-order valence-electron chi connectivity index (χ0n) is 20.9. The van der Waals surface area contributed by atoms with Gasteiger partial charge in [0.05, 0.1) is 17.4 Å². The van der Waals surface area contributed by atoms with Crippen LogP contribution in [0.4, 0.5) is 10.8 Å². The van der Waals surface area contributed by atoms with E-state index in [9.17, 15) is 9.59 Å². The molecule has 190 valence electrons. The summed E-state index contributed by atoms with van der Waals surface area (Å²) in [5, 5.41) is 6.88. The van der Waals surface area contributed by atoms with E-state index in [2.05, 4.69) is 46.8 Å². The second-order valence-electron chi connectivity index (χ2n) is 8.67. The van der Waals surface area contributed by atoms with Crippen LogP contribution in [0.15, 0.2) is 77.7 Å². The lowest BCUT2D eigenvalue weighted by Gasteiger charge is -2.14. The monoisotopic (exact) mass is 549 g/mol. The van der Waals surface area contributed by atoms with Crippen LogP contribution >= 0.6 is 34.7 Å². The number of halogens is 1. The van der Waals surface area contributed by atoms with E-state index in [1.807, 2.05) is 50.2 Å². The smallest absolute Gasteiger partial charge is 0.239 e. The highest BCUT2D eigenvalue weighted by Crippen LogP contribution is 2.32. The maximum absolute atomic E-state index is 13.1. The Bertz CT molecular complexity index is 1390. The summed E-state index contributed by atoms with van der Waals surface area (Å²) in [6, 6.07) is 23.0. The molecule has 1 aromatic heterocycles. The van der Waals surface area contributed by atoms with Gasteiger partial charge in [-0.2, -0.15) is 0 Å². The molecule has 0 saturated carbocycles. The van der Waals surface area contributed by atoms with Crippen LogP contribution in [0.1, 0.15) is 29.3 Å². The Morgan fingerprint density at radius 2 is 1.73 bits per heavy atom. The third-order valence-electron chi connectivity index (χ3n) is 5.69. The Morgan fingerprint density at radius 1 is 1.00 bits per heavy atom. The third-order valence-corrected chi connectivity index (χ3v) is 8.19. The number of carbonyl (C=O) groups is 2. The molecule has 0 radical (unpaired) electrons. The Balaban J connectivity index is 1.38. The molecule has 2 N–H and O–H groups in total. The first-order valence-electron chi connectivity index (χ1n) is 12.0. The summed E-state index contributed by atoms with van der Waals surface area (Å²) in [4.78, 5) is 32.2. The molecule has 4 rings (SSSR count). The van der Waals surface area contributed by atoms with E-state index in [0.29, 0.717) is 22.3 Å². The summed E-state index contributed by atoms with van der Waals surface area (Å²) in [7, 11) is 0. The van der Waals surface area contributed by atoms with Gasteiger partial charge in [0.1, 0.15) is 0 Å². The van der Waals surface area contributed by atoms with Gasteiger partial charge in [-0.05, 0) is 56.2 Å². The minimum absolute atomic E-state index is 0.0890. The highest BCUT2D eigenvalue weighted by molar-refractivity contribution is 8.00. The molecule has 37 heavy (non-hydrogen) atoms. The first-order chi connectivity index (χ1) is 17.8. The zero-order valence-corrected chi connectivity index (χ0v) is 23.3. The molecule has 1 unspecified atom stereocenters. The van der Waals surface area contributed by atoms with Crippen LogP contribution in [-0.2, 0) is 16.0 Å². The van der Waals surface area contributed by atoms with Crippen LogP contribution in [-0.4, -0.2) is 22.0 Å². The topological polar surface area (TPSA) is 71.1 Å². The van der Waals surface area contributed by atoms with Gasteiger partial charge < -0.3 is 10.6 Å². The molecule has 0 aliphatic heterocycles. The van der Waals surface area contributed by atoms with Crippen molar-refractivity contribution in [2.24, 2.45) is 0 Å². The third kappa shape index (κ3) is 7.44. The second-order valence-corrected chi connectivity index (χ2v) is 11.6. The molecule has 0 bridgehead atoms. The average Bonchev–Trinajstić information content (AvgIpc) is 3.24. The summed E-state index contributed by atoms with van der Waals surface area (Å²) in [6.07, 6.45) is 0.908. The number of hydrogen-bond acceptors (Lipinski definition) is 5. The van der Waals surface area contributed by atoms with Crippen molar-refractivity contribution in [1.29, 1.82) is 0 Å². The fraction of sp³-hybridized carbons (Fsp3) is 0.207. The van der Waals surface area contributed by atoms with Gasteiger partial charge in [0.25, 0.3) is 0 Å². The molecule has 1 atom stereocenters. The molecule has 8 heteroatoms. The maximum Gasteiger partial charge on any atom is 0.239 e. The standard InChI is InChI=1S/C29H28ClN3O2S2/c1-4-25(28(35)33-29-32-27(19(3)36-29)21-12-8-18(2)9-13-21)37-24-7-5-6-23(17-24)31-26(34)16-20-10-14-22(30)15-11-20/h5-15,17,25H,4,16H2,1-3H3,(H,31,34)(H,32,33,35). The number of aryl methyl sites for hydroxylation is 2. The highest BCUT2D eigenvalue weighted by atomic mass is 35.5. The molecule has 2 amide bonds. The predicted molar refractivity (Wildman–Crippen MR) is 156 cm³/mol. The van der Waals surface area contributed by atoms with Crippen molar-refractivity contribution in [1.82, 2.24) is 4.98 Å². The van der Waals surface area contributed by atoms with E-state index in [4.69, 9.17) is 11.6 Å². The molecule has 5 nitrogen and oxygen atoms in total. The van der Waals surface area contributed by atoms with Crippen LogP contribution in [0.2, 0.25) is 5.02 Å². The van der Waals surface area contributed by atoms with Crippen molar-refractivity contribution < 1.29 is 9.59 Å². The number of amides is 2. The summed E-state index contributed by atoms with van der Waals surface area (Å²) < 4.78 is 0. The molecule has 0 aliphatic carbocycles. The van der Waals surface area contributed by atoms with Gasteiger partial charge in [0.15, 0.2) is 5.13 Å². The number of thioether (sulfide) groups is 1. The fourth-order valence-electron chi connectivity index (χ4n) is 3.74. The van der Waals surface area contributed by atoms with Crippen molar-refractivity contribution in [3.63, 3.8) is 0 Å². The first-order valence-corrected chi connectivity index (χ1v) is 14.0. The Labute approximate surface area is 230 Å². The van der Waals surface area contributed by atoms with E-state index in [1.54, 1.807) is 12.1 Å². The van der Waals surface area contributed by atoms with Crippen LogP contribution in [0.3, 0.4) is 0 Å². The van der Waals surface area contributed by atoms with Gasteiger partial charge >= 0.3 is 0 Å². The normalized spacial score (nSPS) is 11.7. The largest absolute Gasteiger partial charge is 0.326 e. The lowest BCUT2D eigenvalue weighted by atomic mass is 10.1. The van der Waals surface area contributed by atoms with E-state index in [0.717, 1.165) is 26.6 Å². The van der Waals surface area contributed by atoms with Gasteiger partial charge in [-0.3, -0.25) is 9.59 Å². The van der Waals surface area contributed by atoms with Gasteiger partial charge in [-0.1, -0.05) is 66.6 Å². The minimum atomic E-state index is -0.299. The molecular weight excluding hydrogens is 522 g/mol. The van der Waals surface area contributed by atoms with Crippen LogP contribution in [0, 0.1) is 13.8 Å². The summed E-state index contributed by atoms with van der Waals surface area (Å²) in [5.74, 6) is -0.202. The van der Waals surface area contributed by atoms with Crippen LogP contribution < -0.4 is 10.6 Å². The highest BCUT2D eigenvalue weighted by Gasteiger charge is 2.20. The van der Waals surface area contributed by atoms with Gasteiger partial charge in [0, 0.05) is 26.0 Å². The van der Waals surface area contributed by atoms with E-state index < -0.39 is 0 Å². The summed E-state index contributed by atoms with van der Waals surface area (Å²) >= 11 is 8.87. The molecule has 0 spiro atoms. The Morgan fingerprint density at radius 3 is 2.43 bits per heavy atom. The molecule has 4 aromatic rings. The van der Waals surface area contributed by atoms with Gasteiger partial charge in [-0.15, -0.1) is 23.1 Å². The predicted octanol–water partition coefficient (Wildman–Crippen LogP) is 7.77. The van der Waals surface area contributed by atoms with Crippen molar-refractivity contribution >= 4 is 57.3 Å². The zero-order chi connectivity index (χ0) is 26.4. The summed E-state index contributed by atoms with van der Waals surface area (Å²) in [5.41, 5.74) is 4.70. The van der Waals surface area contributed by atoms with E-state index >= 15 is 0 Å². The number of nitrogens with one attached hydrogen (secondary N) is 2. The SMILES string of the molecule is CCC(Sc1cccc(NC(=O)Cc2ccc(Cl)cc2)c1)C(=O)Nc1nc(-c2ccc(C)cc2)c(C)s1. The fourth-order valence-corrected chi connectivity index (χ4v) is 5.72. The second kappa shape index (κ2) is 12.4. The molecule has 0 saturated heterocycles. The van der Waals surface area contributed by atoms with E-state index in [-0.39, 0.29) is 23.5 Å². The Kier molecular flexibility index (Phi) is 9.03. The lowest BCUT2D eigenvalue weighted by Crippen LogP contribution is -2.24. The maximum atomic E-state index is 13.1. The van der Waals surface area contributed by atoms with Crippen molar-refractivity contribution in [2.45, 2.75) is 43.8 Å².